The number of aryl methyl sites for hydroxylation is 1. The average molecular weight is 494 g/mol. The first-order chi connectivity index (χ1) is 16.9. The van der Waals surface area contributed by atoms with Gasteiger partial charge in [0.1, 0.15) is 11.2 Å². The van der Waals surface area contributed by atoms with Crippen molar-refractivity contribution in [3.8, 4) is 0 Å². The van der Waals surface area contributed by atoms with Gasteiger partial charge in [0, 0.05) is 17.1 Å². The van der Waals surface area contributed by atoms with Crippen LogP contribution in [0, 0.1) is 6.92 Å². The quantitative estimate of drug-likeness (QED) is 0.371. The number of amides is 1. The molecular formula is C26H28ClN5O3. The van der Waals surface area contributed by atoms with E-state index in [1.807, 2.05) is 37.3 Å². The maximum atomic E-state index is 13.7. The number of fused-ring (bicyclic) bond motifs is 1. The van der Waals surface area contributed by atoms with Crippen LogP contribution in [-0.4, -0.2) is 38.6 Å². The van der Waals surface area contributed by atoms with Gasteiger partial charge in [-0.1, -0.05) is 54.0 Å². The fraction of sp³-hybridized carbons (Fsp3) is 0.308. The Kier molecular flexibility index (Phi) is 7.63. The third-order valence-electron chi connectivity index (χ3n) is 6.00. The van der Waals surface area contributed by atoms with Crippen LogP contribution in [0.3, 0.4) is 0 Å². The smallest absolute Gasteiger partial charge is 0.267 e. The lowest BCUT2D eigenvalue weighted by atomic mass is 10.1. The zero-order valence-corrected chi connectivity index (χ0v) is 20.5. The van der Waals surface area contributed by atoms with E-state index in [4.69, 9.17) is 26.8 Å². The lowest BCUT2D eigenvalue weighted by molar-refractivity contribution is 0.0655. The van der Waals surface area contributed by atoms with Crippen LogP contribution in [0.5, 0.6) is 0 Å². The second-order valence-electron chi connectivity index (χ2n) is 8.37. The summed E-state index contributed by atoms with van der Waals surface area (Å²) >= 11 is 6.03. The van der Waals surface area contributed by atoms with Crippen LogP contribution in [-0.2, 0) is 6.54 Å². The van der Waals surface area contributed by atoms with Crippen molar-refractivity contribution in [3.05, 3.63) is 92.6 Å². The highest BCUT2D eigenvalue weighted by Gasteiger charge is 2.30. The third-order valence-corrected chi connectivity index (χ3v) is 6.25. The number of hydrogen-bond donors (Lipinski definition) is 1. The van der Waals surface area contributed by atoms with Crippen molar-refractivity contribution in [2.24, 2.45) is 5.73 Å². The molecule has 0 spiro atoms. The number of carbonyl (C=O) groups excluding carboxylic acids is 1. The van der Waals surface area contributed by atoms with Crippen LogP contribution in [0.25, 0.3) is 11.1 Å². The number of halogens is 1. The first-order valence-electron chi connectivity index (χ1n) is 11.6. The minimum Gasteiger partial charge on any atom is -0.335 e. The van der Waals surface area contributed by atoms with Crippen LogP contribution in [0.4, 0.5) is 0 Å². The van der Waals surface area contributed by atoms with Gasteiger partial charge in [0.2, 0.25) is 0 Å². The molecule has 1 atom stereocenters. The lowest BCUT2D eigenvalue weighted by Gasteiger charge is -2.32. The maximum absolute atomic E-state index is 13.7. The number of nitrogens with two attached hydrogens (primary N) is 1. The van der Waals surface area contributed by atoms with Crippen LogP contribution in [0.1, 0.15) is 53.2 Å². The Balaban J connectivity index is 1.86. The highest BCUT2D eigenvalue weighted by molar-refractivity contribution is 6.30. The second-order valence-corrected chi connectivity index (χ2v) is 8.80. The van der Waals surface area contributed by atoms with E-state index in [-0.39, 0.29) is 17.2 Å². The van der Waals surface area contributed by atoms with Gasteiger partial charge in [0.05, 0.1) is 18.3 Å². The van der Waals surface area contributed by atoms with Gasteiger partial charge >= 0.3 is 0 Å². The van der Waals surface area contributed by atoms with E-state index in [1.165, 1.54) is 0 Å². The number of carbonyl (C=O) groups is 1. The first kappa shape index (κ1) is 24.6. The molecule has 2 N–H and O–H groups in total. The Labute approximate surface area is 208 Å². The Bertz CT molecular complexity index is 1370. The predicted molar refractivity (Wildman–Crippen MR) is 136 cm³/mol. The van der Waals surface area contributed by atoms with E-state index >= 15 is 0 Å². The predicted octanol–water partition coefficient (Wildman–Crippen LogP) is 4.34. The topological polar surface area (TPSA) is 107 Å². The molecule has 2 aromatic carbocycles. The summed E-state index contributed by atoms with van der Waals surface area (Å²) in [5.41, 5.74) is 7.65. The fourth-order valence-corrected chi connectivity index (χ4v) is 4.34. The highest BCUT2D eigenvalue weighted by atomic mass is 35.5. The van der Waals surface area contributed by atoms with E-state index in [1.54, 1.807) is 40.7 Å². The number of benzene rings is 2. The van der Waals surface area contributed by atoms with Crippen LogP contribution in [0.2, 0.25) is 5.02 Å². The van der Waals surface area contributed by atoms with Crippen molar-refractivity contribution >= 4 is 28.6 Å². The normalized spacial score (nSPS) is 12.1. The Morgan fingerprint density at radius 1 is 1.17 bits per heavy atom. The molecule has 0 aliphatic rings. The number of rotatable bonds is 9. The molecule has 4 rings (SSSR count). The van der Waals surface area contributed by atoms with Crippen molar-refractivity contribution in [2.75, 3.05) is 13.1 Å². The van der Waals surface area contributed by atoms with Crippen molar-refractivity contribution in [1.82, 2.24) is 19.6 Å². The highest BCUT2D eigenvalue weighted by Crippen LogP contribution is 2.27. The largest absolute Gasteiger partial charge is 0.335 e. The Morgan fingerprint density at radius 2 is 1.89 bits per heavy atom. The summed E-state index contributed by atoms with van der Waals surface area (Å²) in [4.78, 5) is 33.8. The van der Waals surface area contributed by atoms with Crippen LogP contribution < -0.4 is 11.3 Å². The van der Waals surface area contributed by atoms with Gasteiger partial charge in [-0.15, -0.1) is 0 Å². The third kappa shape index (κ3) is 5.13. The van der Waals surface area contributed by atoms with E-state index in [2.05, 4.69) is 5.16 Å². The molecule has 0 saturated heterocycles. The summed E-state index contributed by atoms with van der Waals surface area (Å²) in [6, 6.07) is 15.9. The Morgan fingerprint density at radius 3 is 2.54 bits per heavy atom. The lowest BCUT2D eigenvalue weighted by Crippen LogP contribution is -2.40. The number of nitrogens with zero attached hydrogens (tertiary/aromatic N) is 4. The summed E-state index contributed by atoms with van der Waals surface area (Å²) in [6.45, 7) is 4.82. The van der Waals surface area contributed by atoms with Crippen LogP contribution >= 0.6 is 11.6 Å². The summed E-state index contributed by atoms with van der Waals surface area (Å²) in [7, 11) is 0. The van der Waals surface area contributed by atoms with E-state index in [0.717, 1.165) is 5.56 Å². The van der Waals surface area contributed by atoms with E-state index in [0.29, 0.717) is 60.0 Å². The van der Waals surface area contributed by atoms with Gasteiger partial charge in [-0.25, -0.2) is 0 Å². The molecule has 1 amide bonds. The molecule has 8 nitrogen and oxygen atoms in total. The summed E-state index contributed by atoms with van der Waals surface area (Å²) in [5, 5.41) is 4.85. The molecule has 9 heteroatoms. The SMILES string of the molecule is CCC(c1nc2onc(C)c2c(=O)n1Cc1ccccc1)N(CCCN)C(=O)c1ccc(Cl)cc1. The van der Waals surface area contributed by atoms with Crippen LogP contribution in [0.15, 0.2) is 63.9 Å². The van der Waals surface area contributed by atoms with E-state index < -0.39 is 6.04 Å². The molecule has 35 heavy (non-hydrogen) atoms. The molecule has 0 aliphatic heterocycles. The van der Waals surface area contributed by atoms with Crippen molar-refractivity contribution in [3.63, 3.8) is 0 Å². The average Bonchev–Trinajstić information content (AvgIpc) is 3.25. The molecule has 0 fully saturated rings. The zero-order chi connectivity index (χ0) is 24.9. The molecule has 1 unspecified atom stereocenters. The number of aromatic nitrogens is 3. The number of hydrogen-bond acceptors (Lipinski definition) is 6. The second kappa shape index (κ2) is 10.8. The Hall–Kier alpha value is -3.49. The summed E-state index contributed by atoms with van der Waals surface area (Å²) < 4.78 is 7.00. The molecule has 0 aliphatic carbocycles. The zero-order valence-electron chi connectivity index (χ0n) is 19.8. The summed E-state index contributed by atoms with van der Waals surface area (Å²) in [6.07, 6.45) is 1.13. The standard InChI is InChI=1S/C26H28ClN5O3/c1-3-21(31(15-7-14-28)25(33)19-10-12-20(27)13-11-19)23-29-24-22(17(2)30-35-24)26(34)32(23)16-18-8-5-4-6-9-18/h4-6,8-13,21H,3,7,14-16,28H2,1-2H3. The minimum absolute atomic E-state index is 0.169. The minimum atomic E-state index is -0.490. The summed E-state index contributed by atoms with van der Waals surface area (Å²) in [5.74, 6) is 0.265. The van der Waals surface area contributed by atoms with Crippen molar-refractivity contribution < 1.29 is 9.32 Å². The molecule has 0 bridgehead atoms. The molecule has 0 radical (unpaired) electrons. The monoisotopic (exact) mass is 493 g/mol. The molecule has 182 valence electrons. The van der Waals surface area contributed by atoms with E-state index in [9.17, 15) is 9.59 Å². The van der Waals surface area contributed by atoms with Gasteiger partial charge in [0.25, 0.3) is 17.2 Å². The molecule has 2 heterocycles. The van der Waals surface area contributed by atoms with Gasteiger partial charge < -0.3 is 15.2 Å². The van der Waals surface area contributed by atoms with Gasteiger partial charge in [-0.2, -0.15) is 4.98 Å². The molecule has 0 saturated carbocycles. The van der Waals surface area contributed by atoms with Gasteiger partial charge in [0.15, 0.2) is 0 Å². The molecular weight excluding hydrogens is 466 g/mol. The molecule has 2 aromatic heterocycles. The first-order valence-corrected chi connectivity index (χ1v) is 12.0. The fourth-order valence-electron chi connectivity index (χ4n) is 4.22. The van der Waals surface area contributed by atoms with Gasteiger partial charge in [-0.3, -0.25) is 14.2 Å². The maximum Gasteiger partial charge on any atom is 0.267 e. The van der Waals surface area contributed by atoms with Crippen molar-refractivity contribution in [1.29, 1.82) is 0 Å². The van der Waals surface area contributed by atoms with Gasteiger partial charge in [-0.05, 0) is 56.1 Å². The molecule has 4 aromatic rings. The van der Waals surface area contributed by atoms with Crippen molar-refractivity contribution in [2.45, 2.75) is 39.3 Å².